The van der Waals surface area contributed by atoms with Crippen LogP contribution in [0.1, 0.15) is 18.1 Å². The lowest BCUT2D eigenvalue weighted by Crippen LogP contribution is -2.50. The fourth-order valence-electron chi connectivity index (χ4n) is 2.71. The molecule has 1 aromatic rings. The van der Waals surface area contributed by atoms with Gasteiger partial charge in [0.15, 0.2) is 0 Å². The molecule has 1 aliphatic rings. The molecule has 0 bridgehead atoms. The van der Waals surface area contributed by atoms with Crippen molar-refractivity contribution in [3.05, 3.63) is 35.4 Å². The van der Waals surface area contributed by atoms with Crippen LogP contribution in [0, 0.1) is 6.92 Å². The van der Waals surface area contributed by atoms with Gasteiger partial charge in [0, 0.05) is 39.6 Å². The van der Waals surface area contributed by atoms with Crippen LogP contribution in [0.3, 0.4) is 0 Å². The Kier molecular flexibility index (Phi) is 5.95. The number of nitrogens with zero attached hydrogens (tertiary/aromatic N) is 2. The van der Waals surface area contributed by atoms with Gasteiger partial charge in [0.2, 0.25) is 11.8 Å². The van der Waals surface area contributed by atoms with Crippen LogP contribution in [0.25, 0.3) is 0 Å². The molecule has 120 valence electrons. The summed E-state index contributed by atoms with van der Waals surface area (Å²) in [5.41, 5.74) is 2.54. The zero-order valence-electron chi connectivity index (χ0n) is 13.5. The SMILES string of the molecule is CC(=O)N1CCN(CC(=O)NCCc2ccccc2C)CC1. The highest BCUT2D eigenvalue weighted by Crippen LogP contribution is 2.07. The van der Waals surface area contributed by atoms with Crippen LogP contribution in [0.4, 0.5) is 0 Å². The zero-order chi connectivity index (χ0) is 15.9. The summed E-state index contributed by atoms with van der Waals surface area (Å²) in [6.07, 6.45) is 0.858. The van der Waals surface area contributed by atoms with Gasteiger partial charge in [0.1, 0.15) is 0 Å². The number of rotatable bonds is 5. The largest absolute Gasteiger partial charge is 0.355 e. The molecule has 0 saturated carbocycles. The van der Waals surface area contributed by atoms with Crippen LogP contribution in [0.15, 0.2) is 24.3 Å². The first kappa shape index (κ1) is 16.5. The zero-order valence-corrected chi connectivity index (χ0v) is 13.5. The monoisotopic (exact) mass is 303 g/mol. The van der Waals surface area contributed by atoms with E-state index in [0.717, 1.165) is 19.5 Å². The third kappa shape index (κ3) is 4.84. The molecule has 0 aliphatic carbocycles. The Labute approximate surface area is 132 Å². The smallest absolute Gasteiger partial charge is 0.234 e. The predicted octanol–water partition coefficient (Wildman–Crippen LogP) is 0.818. The average Bonchev–Trinajstić information content (AvgIpc) is 2.50. The fourth-order valence-corrected chi connectivity index (χ4v) is 2.71. The van der Waals surface area contributed by atoms with Gasteiger partial charge in [0.05, 0.1) is 6.54 Å². The van der Waals surface area contributed by atoms with Crippen LogP contribution in [0.2, 0.25) is 0 Å². The van der Waals surface area contributed by atoms with Gasteiger partial charge in [-0.15, -0.1) is 0 Å². The molecule has 0 unspecified atom stereocenters. The molecule has 22 heavy (non-hydrogen) atoms. The average molecular weight is 303 g/mol. The van der Waals surface area contributed by atoms with Gasteiger partial charge in [0.25, 0.3) is 0 Å². The van der Waals surface area contributed by atoms with Crippen LogP contribution in [0.5, 0.6) is 0 Å². The summed E-state index contributed by atoms with van der Waals surface area (Å²) in [7, 11) is 0. The number of hydrogen-bond acceptors (Lipinski definition) is 3. The van der Waals surface area contributed by atoms with E-state index in [1.54, 1.807) is 6.92 Å². The lowest BCUT2D eigenvalue weighted by atomic mass is 10.1. The lowest BCUT2D eigenvalue weighted by Gasteiger charge is -2.33. The highest BCUT2D eigenvalue weighted by Gasteiger charge is 2.19. The predicted molar refractivity (Wildman–Crippen MR) is 86.6 cm³/mol. The van der Waals surface area contributed by atoms with E-state index in [9.17, 15) is 9.59 Å². The van der Waals surface area contributed by atoms with E-state index < -0.39 is 0 Å². The van der Waals surface area contributed by atoms with Crippen LogP contribution in [-0.2, 0) is 16.0 Å². The number of carbonyl (C=O) groups excluding carboxylic acids is 2. The second-order valence-corrected chi connectivity index (χ2v) is 5.81. The van der Waals surface area contributed by atoms with E-state index in [1.165, 1.54) is 11.1 Å². The van der Waals surface area contributed by atoms with Crippen molar-refractivity contribution in [2.45, 2.75) is 20.3 Å². The molecule has 1 N–H and O–H groups in total. The van der Waals surface area contributed by atoms with Crippen molar-refractivity contribution in [1.29, 1.82) is 0 Å². The van der Waals surface area contributed by atoms with Gasteiger partial charge in [-0.05, 0) is 24.5 Å². The minimum absolute atomic E-state index is 0.0601. The molecule has 1 saturated heterocycles. The Hall–Kier alpha value is -1.88. The van der Waals surface area contributed by atoms with Gasteiger partial charge in [-0.25, -0.2) is 0 Å². The summed E-state index contributed by atoms with van der Waals surface area (Å²) in [4.78, 5) is 27.2. The number of piperazine rings is 1. The molecule has 2 amide bonds. The molecule has 1 aliphatic heterocycles. The number of hydrogen-bond donors (Lipinski definition) is 1. The number of amides is 2. The second kappa shape index (κ2) is 7.94. The van der Waals surface area contributed by atoms with Crippen molar-refractivity contribution < 1.29 is 9.59 Å². The molecule has 1 fully saturated rings. The maximum Gasteiger partial charge on any atom is 0.234 e. The lowest BCUT2D eigenvalue weighted by molar-refractivity contribution is -0.131. The molecule has 5 nitrogen and oxygen atoms in total. The summed E-state index contributed by atoms with van der Waals surface area (Å²) in [6.45, 7) is 7.73. The maximum absolute atomic E-state index is 12.0. The first-order valence-electron chi connectivity index (χ1n) is 7.85. The Balaban J connectivity index is 1.66. The van der Waals surface area contributed by atoms with Crippen molar-refractivity contribution in [2.24, 2.45) is 0 Å². The van der Waals surface area contributed by atoms with E-state index in [4.69, 9.17) is 0 Å². The summed E-state index contributed by atoms with van der Waals surface area (Å²) < 4.78 is 0. The van der Waals surface area contributed by atoms with E-state index in [2.05, 4.69) is 29.3 Å². The van der Waals surface area contributed by atoms with Crippen molar-refractivity contribution in [1.82, 2.24) is 15.1 Å². The first-order valence-corrected chi connectivity index (χ1v) is 7.85. The fraction of sp³-hybridized carbons (Fsp3) is 0.529. The normalized spacial score (nSPS) is 15.6. The molecule has 1 aromatic carbocycles. The van der Waals surface area contributed by atoms with Gasteiger partial charge < -0.3 is 10.2 Å². The van der Waals surface area contributed by atoms with Crippen LogP contribution < -0.4 is 5.32 Å². The van der Waals surface area contributed by atoms with Crippen molar-refractivity contribution >= 4 is 11.8 Å². The Morgan fingerprint density at radius 2 is 1.82 bits per heavy atom. The molecular formula is C17H25N3O2. The summed E-state index contributed by atoms with van der Waals surface area (Å²) in [5, 5.41) is 2.98. The van der Waals surface area contributed by atoms with Crippen molar-refractivity contribution in [3.8, 4) is 0 Å². The van der Waals surface area contributed by atoms with Gasteiger partial charge in [-0.2, -0.15) is 0 Å². The van der Waals surface area contributed by atoms with Crippen molar-refractivity contribution in [3.63, 3.8) is 0 Å². The maximum atomic E-state index is 12.0. The highest BCUT2D eigenvalue weighted by molar-refractivity contribution is 5.78. The number of carbonyl (C=O) groups is 2. The number of nitrogens with one attached hydrogen (secondary N) is 1. The van der Waals surface area contributed by atoms with Gasteiger partial charge in [-0.3, -0.25) is 14.5 Å². The molecule has 5 heteroatoms. The quantitative estimate of drug-likeness (QED) is 0.876. The number of aryl methyl sites for hydroxylation is 1. The van der Waals surface area contributed by atoms with Crippen molar-refractivity contribution in [2.75, 3.05) is 39.3 Å². The van der Waals surface area contributed by atoms with Crippen LogP contribution >= 0.6 is 0 Å². The first-order chi connectivity index (χ1) is 10.6. The summed E-state index contributed by atoms with van der Waals surface area (Å²) in [5.74, 6) is 0.173. The van der Waals surface area contributed by atoms with E-state index in [-0.39, 0.29) is 11.8 Å². The van der Waals surface area contributed by atoms with E-state index in [0.29, 0.717) is 26.2 Å². The summed E-state index contributed by atoms with van der Waals surface area (Å²) in [6, 6.07) is 8.24. The molecule has 0 spiro atoms. The Bertz CT molecular complexity index is 522. The van der Waals surface area contributed by atoms with Crippen LogP contribution in [-0.4, -0.2) is 60.9 Å². The molecule has 2 rings (SSSR count). The van der Waals surface area contributed by atoms with Gasteiger partial charge in [-0.1, -0.05) is 24.3 Å². The Morgan fingerprint density at radius 1 is 1.14 bits per heavy atom. The third-order valence-corrected chi connectivity index (χ3v) is 4.16. The third-order valence-electron chi connectivity index (χ3n) is 4.16. The minimum atomic E-state index is 0.0601. The number of benzene rings is 1. The molecule has 0 atom stereocenters. The topological polar surface area (TPSA) is 52.7 Å². The molecule has 0 radical (unpaired) electrons. The second-order valence-electron chi connectivity index (χ2n) is 5.81. The molecule has 1 heterocycles. The summed E-state index contributed by atoms with van der Waals surface area (Å²) >= 11 is 0. The molecular weight excluding hydrogens is 278 g/mol. The molecule has 0 aromatic heterocycles. The van der Waals surface area contributed by atoms with Gasteiger partial charge >= 0.3 is 0 Å². The highest BCUT2D eigenvalue weighted by atomic mass is 16.2. The minimum Gasteiger partial charge on any atom is -0.355 e. The van der Waals surface area contributed by atoms with E-state index in [1.807, 2.05) is 17.0 Å². The Morgan fingerprint density at radius 3 is 2.45 bits per heavy atom. The van der Waals surface area contributed by atoms with E-state index >= 15 is 0 Å². The standard InChI is InChI=1S/C17H25N3O2/c1-14-5-3-4-6-16(14)7-8-18-17(22)13-19-9-11-20(12-10-19)15(2)21/h3-6H,7-13H2,1-2H3,(H,18,22).